The third-order valence-corrected chi connectivity index (χ3v) is 3.62. The van der Waals surface area contributed by atoms with Crippen molar-refractivity contribution in [1.82, 2.24) is 19.5 Å². The first kappa shape index (κ1) is 14.0. The van der Waals surface area contributed by atoms with Gasteiger partial charge in [0.05, 0.1) is 11.9 Å². The summed E-state index contributed by atoms with van der Waals surface area (Å²) in [5, 5.41) is -0.169. The average Bonchev–Trinajstić information content (AvgIpc) is 2.79. The van der Waals surface area contributed by atoms with Crippen molar-refractivity contribution in [2.24, 2.45) is 0 Å². The number of alkyl halides is 1. The van der Waals surface area contributed by atoms with Crippen molar-refractivity contribution in [3.63, 3.8) is 0 Å². The number of rotatable bonds is 3. The molecule has 21 heavy (non-hydrogen) atoms. The van der Waals surface area contributed by atoms with Crippen LogP contribution in [-0.2, 0) is 6.54 Å². The van der Waals surface area contributed by atoms with Gasteiger partial charge in [-0.1, -0.05) is 6.07 Å². The summed E-state index contributed by atoms with van der Waals surface area (Å²) in [4.78, 5) is 13.5. The van der Waals surface area contributed by atoms with Crippen molar-refractivity contribution in [3.05, 3.63) is 53.2 Å². The molecule has 0 bridgehead atoms. The SMILES string of the molecule is Cc1cnc2c(c1)nc(C(C)Cl)n2Cc1ccc(C)nc1. The molecule has 0 N–H and O–H groups in total. The molecule has 0 aliphatic rings. The molecule has 0 fully saturated rings. The van der Waals surface area contributed by atoms with Crippen LogP contribution >= 0.6 is 11.6 Å². The predicted octanol–water partition coefficient (Wildman–Crippen LogP) is 3.79. The summed E-state index contributed by atoms with van der Waals surface area (Å²) in [7, 11) is 0. The second kappa shape index (κ2) is 5.45. The van der Waals surface area contributed by atoms with Crippen molar-refractivity contribution >= 4 is 22.8 Å². The Bertz CT molecular complexity index is 775. The number of aromatic nitrogens is 4. The van der Waals surface area contributed by atoms with Crippen LogP contribution in [0.2, 0.25) is 0 Å². The first-order chi connectivity index (χ1) is 10.0. The lowest BCUT2D eigenvalue weighted by molar-refractivity contribution is 0.733. The molecule has 1 atom stereocenters. The maximum absolute atomic E-state index is 6.28. The van der Waals surface area contributed by atoms with E-state index < -0.39 is 0 Å². The summed E-state index contributed by atoms with van der Waals surface area (Å²) in [6.45, 7) is 6.60. The summed E-state index contributed by atoms with van der Waals surface area (Å²) in [6, 6.07) is 6.12. The number of imidazole rings is 1. The van der Waals surface area contributed by atoms with Crippen LogP contribution in [0.4, 0.5) is 0 Å². The summed E-state index contributed by atoms with van der Waals surface area (Å²) < 4.78 is 2.07. The average molecular weight is 301 g/mol. The van der Waals surface area contributed by atoms with Crippen molar-refractivity contribution in [2.45, 2.75) is 32.7 Å². The fourth-order valence-corrected chi connectivity index (χ4v) is 2.53. The van der Waals surface area contributed by atoms with Gasteiger partial charge in [-0.15, -0.1) is 11.6 Å². The molecule has 0 aliphatic heterocycles. The molecule has 1 unspecified atom stereocenters. The zero-order chi connectivity index (χ0) is 15.0. The van der Waals surface area contributed by atoms with Gasteiger partial charge in [-0.05, 0) is 44.0 Å². The van der Waals surface area contributed by atoms with Crippen LogP contribution in [-0.4, -0.2) is 19.5 Å². The first-order valence-electron chi connectivity index (χ1n) is 6.93. The van der Waals surface area contributed by atoms with Gasteiger partial charge in [0.2, 0.25) is 0 Å². The minimum atomic E-state index is -0.169. The molecule has 0 amide bonds. The number of halogens is 1. The standard InChI is InChI=1S/C16H17ClN4/c1-10-6-14-16(19-7-10)21(15(20-14)12(3)17)9-13-5-4-11(2)18-8-13/h4-8,12H,9H2,1-3H3. The Morgan fingerprint density at radius 3 is 2.67 bits per heavy atom. The third-order valence-electron chi connectivity index (χ3n) is 3.42. The second-order valence-corrected chi connectivity index (χ2v) is 5.99. The molecule has 0 saturated carbocycles. The molecule has 0 aliphatic carbocycles. The predicted molar refractivity (Wildman–Crippen MR) is 84.6 cm³/mol. The highest BCUT2D eigenvalue weighted by atomic mass is 35.5. The number of aryl methyl sites for hydroxylation is 2. The van der Waals surface area contributed by atoms with E-state index in [0.717, 1.165) is 33.8 Å². The Kier molecular flexibility index (Phi) is 3.64. The van der Waals surface area contributed by atoms with Crippen LogP contribution in [0.5, 0.6) is 0 Å². The van der Waals surface area contributed by atoms with Crippen molar-refractivity contribution < 1.29 is 0 Å². The van der Waals surface area contributed by atoms with E-state index in [4.69, 9.17) is 11.6 Å². The number of pyridine rings is 2. The normalized spacial score (nSPS) is 12.8. The Morgan fingerprint density at radius 2 is 2.00 bits per heavy atom. The fourth-order valence-electron chi connectivity index (χ4n) is 2.36. The molecular weight excluding hydrogens is 284 g/mol. The highest BCUT2D eigenvalue weighted by molar-refractivity contribution is 6.20. The third kappa shape index (κ3) is 2.76. The van der Waals surface area contributed by atoms with Crippen LogP contribution in [0, 0.1) is 13.8 Å². The summed E-state index contributed by atoms with van der Waals surface area (Å²) in [5.74, 6) is 0.838. The molecule has 0 aromatic carbocycles. The Morgan fingerprint density at radius 1 is 1.19 bits per heavy atom. The maximum Gasteiger partial charge on any atom is 0.160 e. The first-order valence-corrected chi connectivity index (χ1v) is 7.36. The van der Waals surface area contributed by atoms with E-state index in [1.807, 2.05) is 45.3 Å². The molecule has 0 saturated heterocycles. The van der Waals surface area contributed by atoms with Crippen LogP contribution in [0.1, 0.15) is 34.9 Å². The van der Waals surface area contributed by atoms with Crippen molar-refractivity contribution in [2.75, 3.05) is 0 Å². The van der Waals surface area contributed by atoms with E-state index in [1.165, 1.54) is 0 Å². The van der Waals surface area contributed by atoms with Gasteiger partial charge in [0.15, 0.2) is 5.65 Å². The highest BCUT2D eigenvalue weighted by Crippen LogP contribution is 2.24. The van der Waals surface area contributed by atoms with Gasteiger partial charge in [0.25, 0.3) is 0 Å². The lowest BCUT2D eigenvalue weighted by Gasteiger charge is -2.10. The van der Waals surface area contributed by atoms with E-state index in [-0.39, 0.29) is 5.38 Å². The molecule has 3 aromatic heterocycles. The highest BCUT2D eigenvalue weighted by Gasteiger charge is 2.16. The van der Waals surface area contributed by atoms with Gasteiger partial charge in [-0.3, -0.25) is 4.98 Å². The van der Waals surface area contributed by atoms with E-state index in [9.17, 15) is 0 Å². The molecule has 3 heterocycles. The van der Waals surface area contributed by atoms with Gasteiger partial charge < -0.3 is 4.57 Å². The molecule has 5 heteroatoms. The fraction of sp³-hybridized carbons (Fsp3) is 0.312. The van der Waals surface area contributed by atoms with Gasteiger partial charge in [-0.2, -0.15) is 0 Å². The Hall–Kier alpha value is -1.94. The summed E-state index contributed by atoms with van der Waals surface area (Å²) >= 11 is 6.28. The van der Waals surface area contributed by atoms with Gasteiger partial charge in [-0.25, -0.2) is 9.97 Å². The van der Waals surface area contributed by atoms with Crippen LogP contribution in [0.25, 0.3) is 11.2 Å². The van der Waals surface area contributed by atoms with E-state index in [1.54, 1.807) is 0 Å². The van der Waals surface area contributed by atoms with Crippen molar-refractivity contribution in [3.8, 4) is 0 Å². The topological polar surface area (TPSA) is 43.6 Å². The van der Waals surface area contributed by atoms with E-state index in [0.29, 0.717) is 6.54 Å². The summed E-state index contributed by atoms with van der Waals surface area (Å²) in [5.41, 5.74) is 4.97. The quantitative estimate of drug-likeness (QED) is 0.691. The van der Waals surface area contributed by atoms with Crippen LogP contribution < -0.4 is 0 Å². The lowest BCUT2D eigenvalue weighted by atomic mass is 10.2. The number of hydrogen-bond donors (Lipinski definition) is 0. The molecule has 0 radical (unpaired) electrons. The van der Waals surface area contributed by atoms with Crippen LogP contribution in [0.3, 0.4) is 0 Å². The van der Waals surface area contributed by atoms with Gasteiger partial charge >= 0.3 is 0 Å². The van der Waals surface area contributed by atoms with Crippen LogP contribution in [0.15, 0.2) is 30.6 Å². The smallest absolute Gasteiger partial charge is 0.160 e. The zero-order valence-corrected chi connectivity index (χ0v) is 13.1. The molecule has 3 aromatic rings. The second-order valence-electron chi connectivity index (χ2n) is 5.34. The maximum atomic E-state index is 6.28. The molecule has 3 rings (SSSR count). The summed E-state index contributed by atoms with van der Waals surface area (Å²) in [6.07, 6.45) is 3.74. The zero-order valence-electron chi connectivity index (χ0n) is 12.3. The molecule has 4 nitrogen and oxygen atoms in total. The Balaban J connectivity index is 2.10. The Labute approximate surface area is 128 Å². The number of nitrogens with zero attached hydrogens (tertiary/aromatic N) is 4. The monoisotopic (exact) mass is 300 g/mol. The van der Waals surface area contributed by atoms with E-state index in [2.05, 4.69) is 25.6 Å². The van der Waals surface area contributed by atoms with E-state index >= 15 is 0 Å². The van der Waals surface area contributed by atoms with Gasteiger partial charge in [0.1, 0.15) is 11.3 Å². The minimum absolute atomic E-state index is 0.169. The van der Waals surface area contributed by atoms with Crippen molar-refractivity contribution in [1.29, 1.82) is 0 Å². The minimum Gasteiger partial charge on any atom is -0.307 e. The lowest BCUT2D eigenvalue weighted by Crippen LogP contribution is -2.07. The largest absolute Gasteiger partial charge is 0.307 e. The number of hydrogen-bond acceptors (Lipinski definition) is 3. The molecule has 108 valence electrons. The number of fused-ring (bicyclic) bond motifs is 1. The molecule has 0 spiro atoms. The molecular formula is C16H17ClN4. The van der Waals surface area contributed by atoms with Gasteiger partial charge in [0, 0.05) is 18.1 Å².